The number of nitrogens with one attached hydrogen (secondary N) is 1. The van der Waals surface area contributed by atoms with Gasteiger partial charge < -0.3 is 15.2 Å². The first-order chi connectivity index (χ1) is 9.47. The van der Waals surface area contributed by atoms with Crippen LogP contribution in [0.4, 0.5) is 4.39 Å². The van der Waals surface area contributed by atoms with Crippen LogP contribution >= 0.6 is 0 Å². The van der Waals surface area contributed by atoms with E-state index in [2.05, 4.69) is 5.32 Å². The number of benzene rings is 1. The van der Waals surface area contributed by atoms with Crippen LogP contribution < -0.4 is 10.1 Å². The zero-order valence-corrected chi connectivity index (χ0v) is 11.9. The Bertz CT molecular complexity index is 406. The van der Waals surface area contributed by atoms with Crippen molar-refractivity contribution in [3.05, 3.63) is 30.1 Å². The maximum absolute atomic E-state index is 12.7. The third kappa shape index (κ3) is 7.09. The Labute approximate surface area is 119 Å². The van der Waals surface area contributed by atoms with Crippen LogP contribution in [-0.4, -0.2) is 29.8 Å². The largest absolute Gasteiger partial charge is 0.494 e. The van der Waals surface area contributed by atoms with Crippen molar-refractivity contribution in [1.29, 1.82) is 0 Å². The van der Waals surface area contributed by atoms with Crippen LogP contribution in [0, 0.1) is 5.82 Å². The molecule has 0 aliphatic rings. The number of halogens is 1. The molecule has 0 fully saturated rings. The summed E-state index contributed by atoms with van der Waals surface area (Å²) in [6.45, 7) is 3.96. The maximum atomic E-state index is 12.7. The molecule has 0 saturated carbocycles. The van der Waals surface area contributed by atoms with Gasteiger partial charge in [0.15, 0.2) is 0 Å². The van der Waals surface area contributed by atoms with E-state index in [1.165, 1.54) is 12.1 Å². The normalized spacial score (nSPS) is 13.6. The Morgan fingerprint density at radius 1 is 1.35 bits per heavy atom. The van der Waals surface area contributed by atoms with E-state index in [4.69, 9.17) is 4.74 Å². The van der Waals surface area contributed by atoms with E-state index in [9.17, 15) is 14.3 Å². The summed E-state index contributed by atoms with van der Waals surface area (Å²) in [5.41, 5.74) is 0. The summed E-state index contributed by atoms with van der Waals surface area (Å²) in [6.07, 6.45) is 1.07. The standard InChI is InChI=1S/C15H22FNO3/c1-11(10-12(2)18)17-15(19)4-3-9-20-14-7-5-13(16)6-8-14/h5-8,11-12,18H,3-4,9-10H2,1-2H3,(H,17,19). The zero-order chi connectivity index (χ0) is 15.0. The van der Waals surface area contributed by atoms with Crippen LogP contribution in [0.2, 0.25) is 0 Å². The van der Waals surface area contributed by atoms with Crippen molar-refractivity contribution < 1.29 is 19.0 Å². The van der Waals surface area contributed by atoms with Crippen LogP contribution in [-0.2, 0) is 4.79 Å². The molecule has 0 aliphatic carbocycles. The van der Waals surface area contributed by atoms with Gasteiger partial charge >= 0.3 is 0 Å². The van der Waals surface area contributed by atoms with E-state index >= 15 is 0 Å². The van der Waals surface area contributed by atoms with Crippen molar-refractivity contribution in [2.24, 2.45) is 0 Å². The monoisotopic (exact) mass is 283 g/mol. The predicted octanol–water partition coefficient (Wildman–Crippen LogP) is 2.26. The molecule has 4 nitrogen and oxygen atoms in total. The summed E-state index contributed by atoms with van der Waals surface area (Å²) in [7, 11) is 0. The second kappa shape index (κ2) is 8.53. The smallest absolute Gasteiger partial charge is 0.220 e. The fraction of sp³-hybridized carbons (Fsp3) is 0.533. The van der Waals surface area contributed by atoms with Crippen LogP contribution in [0.1, 0.15) is 33.1 Å². The fourth-order valence-electron chi connectivity index (χ4n) is 1.87. The molecule has 1 aromatic rings. The van der Waals surface area contributed by atoms with Gasteiger partial charge in [-0.25, -0.2) is 4.39 Å². The SMILES string of the molecule is CC(O)CC(C)NC(=O)CCCOc1ccc(F)cc1. The minimum absolute atomic E-state index is 0.0412. The number of hydrogen-bond donors (Lipinski definition) is 2. The third-order valence-electron chi connectivity index (χ3n) is 2.73. The van der Waals surface area contributed by atoms with Gasteiger partial charge in [-0.2, -0.15) is 0 Å². The topological polar surface area (TPSA) is 58.6 Å². The summed E-state index contributed by atoms with van der Waals surface area (Å²) < 4.78 is 18.1. The highest BCUT2D eigenvalue weighted by molar-refractivity contribution is 5.76. The van der Waals surface area contributed by atoms with Gasteiger partial charge in [0.05, 0.1) is 12.7 Å². The number of amides is 1. The van der Waals surface area contributed by atoms with E-state index < -0.39 is 6.10 Å². The molecule has 0 radical (unpaired) electrons. The highest BCUT2D eigenvalue weighted by Gasteiger charge is 2.09. The highest BCUT2D eigenvalue weighted by atomic mass is 19.1. The zero-order valence-electron chi connectivity index (χ0n) is 11.9. The molecule has 0 spiro atoms. The molecule has 2 atom stereocenters. The van der Waals surface area contributed by atoms with Crippen molar-refractivity contribution in [2.45, 2.75) is 45.3 Å². The van der Waals surface area contributed by atoms with Crippen molar-refractivity contribution in [3.8, 4) is 5.75 Å². The van der Waals surface area contributed by atoms with Gasteiger partial charge in [-0.05, 0) is 51.0 Å². The van der Waals surface area contributed by atoms with Crippen molar-refractivity contribution in [3.63, 3.8) is 0 Å². The van der Waals surface area contributed by atoms with Gasteiger partial charge in [0.1, 0.15) is 11.6 Å². The number of hydrogen-bond acceptors (Lipinski definition) is 3. The van der Waals surface area contributed by atoms with Gasteiger partial charge in [-0.1, -0.05) is 0 Å². The second-order valence-corrected chi connectivity index (χ2v) is 4.96. The molecule has 0 saturated heterocycles. The van der Waals surface area contributed by atoms with E-state index in [-0.39, 0.29) is 17.8 Å². The first kappa shape index (κ1) is 16.4. The van der Waals surface area contributed by atoms with Crippen LogP contribution in [0.5, 0.6) is 5.75 Å². The lowest BCUT2D eigenvalue weighted by molar-refractivity contribution is -0.122. The molecular formula is C15H22FNO3. The first-order valence-corrected chi connectivity index (χ1v) is 6.83. The Morgan fingerprint density at radius 3 is 2.60 bits per heavy atom. The Kier molecular flexibility index (Phi) is 7.01. The molecule has 2 unspecified atom stereocenters. The molecule has 0 aliphatic heterocycles. The number of carbonyl (C=O) groups excluding carboxylic acids is 1. The van der Waals surface area contributed by atoms with Crippen LogP contribution in [0.15, 0.2) is 24.3 Å². The number of aliphatic hydroxyl groups excluding tert-OH is 1. The molecule has 0 bridgehead atoms. The van der Waals surface area contributed by atoms with Crippen molar-refractivity contribution >= 4 is 5.91 Å². The lowest BCUT2D eigenvalue weighted by Gasteiger charge is -2.15. The van der Waals surface area contributed by atoms with Gasteiger partial charge in [-0.15, -0.1) is 0 Å². The lowest BCUT2D eigenvalue weighted by Crippen LogP contribution is -2.34. The number of rotatable bonds is 8. The summed E-state index contributed by atoms with van der Waals surface area (Å²) >= 11 is 0. The molecule has 0 heterocycles. The molecule has 1 amide bonds. The van der Waals surface area contributed by atoms with Gasteiger partial charge in [-0.3, -0.25) is 4.79 Å². The molecule has 0 aromatic heterocycles. The van der Waals surface area contributed by atoms with E-state index in [0.29, 0.717) is 31.6 Å². The summed E-state index contributed by atoms with van der Waals surface area (Å²) in [5.74, 6) is 0.235. The lowest BCUT2D eigenvalue weighted by atomic mass is 10.1. The summed E-state index contributed by atoms with van der Waals surface area (Å²) in [4.78, 5) is 11.6. The van der Waals surface area contributed by atoms with E-state index in [1.807, 2.05) is 6.92 Å². The minimum atomic E-state index is -0.424. The van der Waals surface area contributed by atoms with Gasteiger partial charge in [0, 0.05) is 12.5 Å². The molecule has 1 rings (SSSR count). The van der Waals surface area contributed by atoms with Crippen molar-refractivity contribution in [2.75, 3.05) is 6.61 Å². The molecule has 20 heavy (non-hydrogen) atoms. The highest BCUT2D eigenvalue weighted by Crippen LogP contribution is 2.11. The third-order valence-corrected chi connectivity index (χ3v) is 2.73. The van der Waals surface area contributed by atoms with E-state index in [0.717, 1.165) is 0 Å². The summed E-state index contributed by atoms with van der Waals surface area (Å²) in [5, 5.41) is 12.0. The predicted molar refractivity (Wildman–Crippen MR) is 75.0 cm³/mol. The molecule has 112 valence electrons. The average molecular weight is 283 g/mol. The Morgan fingerprint density at radius 2 is 2.00 bits per heavy atom. The van der Waals surface area contributed by atoms with Gasteiger partial charge in [0.25, 0.3) is 0 Å². The van der Waals surface area contributed by atoms with Crippen LogP contribution in [0.3, 0.4) is 0 Å². The molecule has 1 aromatic carbocycles. The first-order valence-electron chi connectivity index (χ1n) is 6.83. The van der Waals surface area contributed by atoms with Crippen molar-refractivity contribution in [1.82, 2.24) is 5.32 Å². The molecule has 2 N–H and O–H groups in total. The quantitative estimate of drug-likeness (QED) is 0.719. The number of aliphatic hydroxyl groups is 1. The Balaban J connectivity index is 2.14. The van der Waals surface area contributed by atoms with Gasteiger partial charge in [0.2, 0.25) is 5.91 Å². The molecular weight excluding hydrogens is 261 g/mol. The van der Waals surface area contributed by atoms with Crippen LogP contribution in [0.25, 0.3) is 0 Å². The fourth-order valence-corrected chi connectivity index (χ4v) is 1.87. The number of ether oxygens (including phenoxy) is 1. The average Bonchev–Trinajstić information content (AvgIpc) is 2.35. The van der Waals surface area contributed by atoms with E-state index in [1.54, 1.807) is 19.1 Å². The summed E-state index contributed by atoms with van der Waals surface area (Å²) in [6, 6.07) is 5.74. The Hall–Kier alpha value is -1.62. The minimum Gasteiger partial charge on any atom is -0.494 e. The maximum Gasteiger partial charge on any atom is 0.220 e. The molecule has 5 heteroatoms. The number of carbonyl (C=O) groups is 1. The second-order valence-electron chi connectivity index (χ2n) is 4.96.